The van der Waals surface area contributed by atoms with Crippen LogP contribution < -0.4 is 5.32 Å². The first-order chi connectivity index (χ1) is 7.33. The van der Waals surface area contributed by atoms with Gasteiger partial charge in [-0.2, -0.15) is 0 Å². The summed E-state index contributed by atoms with van der Waals surface area (Å²) in [5.41, 5.74) is 4.21. The van der Waals surface area contributed by atoms with E-state index in [0.717, 1.165) is 25.0 Å². The monoisotopic (exact) mass is 205 g/mol. The molecule has 0 atom stereocenters. The minimum Gasteiger partial charge on any atom is -0.356 e. The number of nitrogens with one attached hydrogen (secondary N) is 1. The van der Waals surface area contributed by atoms with Gasteiger partial charge in [0.15, 0.2) is 0 Å². The van der Waals surface area contributed by atoms with E-state index >= 15 is 0 Å². The van der Waals surface area contributed by atoms with Crippen molar-refractivity contribution in [3.8, 4) is 0 Å². The van der Waals surface area contributed by atoms with Crippen molar-refractivity contribution in [2.24, 2.45) is 0 Å². The SMILES string of the molecule is CCCCCNC(=O)CCC1=C=CC=C1. The third kappa shape index (κ3) is 5.24. The first-order valence-corrected chi connectivity index (χ1v) is 5.72. The van der Waals surface area contributed by atoms with E-state index in [0.29, 0.717) is 6.42 Å². The normalized spacial score (nSPS) is 13.0. The van der Waals surface area contributed by atoms with Crippen molar-refractivity contribution in [1.82, 2.24) is 5.32 Å². The van der Waals surface area contributed by atoms with Crippen LogP contribution >= 0.6 is 0 Å². The molecular weight excluding hydrogens is 186 g/mol. The molecule has 0 aromatic rings. The predicted molar refractivity (Wildman–Crippen MR) is 62.5 cm³/mol. The number of hydrogen-bond donors (Lipinski definition) is 1. The van der Waals surface area contributed by atoms with Crippen LogP contribution in [0.15, 0.2) is 29.5 Å². The molecule has 1 aliphatic carbocycles. The van der Waals surface area contributed by atoms with E-state index in [2.05, 4.69) is 18.0 Å². The Kier molecular flexibility index (Phi) is 5.57. The van der Waals surface area contributed by atoms with Crippen LogP contribution in [0.5, 0.6) is 0 Å². The second-order valence-corrected chi connectivity index (χ2v) is 3.75. The summed E-state index contributed by atoms with van der Waals surface area (Å²) in [6, 6.07) is 0. The summed E-state index contributed by atoms with van der Waals surface area (Å²) in [4.78, 5) is 11.4. The lowest BCUT2D eigenvalue weighted by atomic mass is 10.1. The van der Waals surface area contributed by atoms with E-state index in [9.17, 15) is 4.79 Å². The van der Waals surface area contributed by atoms with Crippen molar-refractivity contribution in [1.29, 1.82) is 0 Å². The molecule has 2 heteroatoms. The first-order valence-electron chi connectivity index (χ1n) is 5.72. The highest BCUT2D eigenvalue weighted by molar-refractivity contribution is 5.76. The van der Waals surface area contributed by atoms with Crippen molar-refractivity contribution < 1.29 is 4.79 Å². The molecule has 0 saturated carbocycles. The second kappa shape index (κ2) is 7.08. The summed E-state index contributed by atoms with van der Waals surface area (Å²) in [5.74, 6) is 0.153. The standard InChI is InChI=1S/C13H19NO/c1-2-3-6-11-14-13(15)10-9-12-7-4-5-8-12/h4-5,7H,2-3,6,9-11H2,1H3,(H,14,15). The predicted octanol–water partition coefficient (Wildman–Crippen LogP) is 2.72. The average Bonchev–Trinajstić information content (AvgIpc) is 2.74. The molecule has 0 spiro atoms. The van der Waals surface area contributed by atoms with Crippen LogP contribution in [-0.2, 0) is 4.79 Å². The number of hydrogen-bond acceptors (Lipinski definition) is 1. The van der Waals surface area contributed by atoms with Gasteiger partial charge >= 0.3 is 0 Å². The van der Waals surface area contributed by atoms with E-state index < -0.39 is 0 Å². The third-order valence-electron chi connectivity index (χ3n) is 2.39. The maximum Gasteiger partial charge on any atom is 0.220 e. The van der Waals surface area contributed by atoms with E-state index in [-0.39, 0.29) is 5.91 Å². The Morgan fingerprint density at radius 3 is 3.00 bits per heavy atom. The molecule has 0 aromatic heterocycles. The van der Waals surface area contributed by atoms with Gasteiger partial charge < -0.3 is 5.32 Å². The smallest absolute Gasteiger partial charge is 0.220 e. The van der Waals surface area contributed by atoms with Gasteiger partial charge in [0.05, 0.1) is 0 Å². The summed E-state index contributed by atoms with van der Waals surface area (Å²) in [7, 11) is 0. The lowest BCUT2D eigenvalue weighted by Crippen LogP contribution is -2.23. The van der Waals surface area contributed by atoms with Crippen LogP contribution in [0.2, 0.25) is 0 Å². The molecule has 0 radical (unpaired) electrons. The fourth-order valence-electron chi connectivity index (χ4n) is 1.46. The summed E-state index contributed by atoms with van der Waals surface area (Å²) < 4.78 is 0. The molecule has 0 aromatic carbocycles. The molecule has 0 bridgehead atoms. The Morgan fingerprint density at radius 1 is 1.47 bits per heavy atom. The van der Waals surface area contributed by atoms with Crippen molar-refractivity contribution in [2.45, 2.75) is 39.0 Å². The van der Waals surface area contributed by atoms with Crippen LogP contribution in [0.4, 0.5) is 0 Å². The van der Waals surface area contributed by atoms with Crippen LogP contribution in [-0.4, -0.2) is 12.5 Å². The van der Waals surface area contributed by atoms with Gasteiger partial charge in [-0.25, -0.2) is 0 Å². The molecule has 1 amide bonds. The Balaban J connectivity index is 2.03. The van der Waals surface area contributed by atoms with Crippen LogP contribution in [0, 0.1) is 0 Å². The van der Waals surface area contributed by atoms with Gasteiger partial charge in [-0.05, 0) is 24.5 Å². The second-order valence-electron chi connectivity index (χ2n) is 3.75. The summed E-state index contributed by atoms with van der Waals surface area (Å²) in [6.45, 7) is 2.98. The van der Waals surface area contributed by atoms with E-state index in [1.54, 1.807) is 0 Å². The van der Waals surface area contributed by atoms with Crippen molar-refractivity contribution >= 4 is 5.91 Å². The topological polar surface area (TPSA) is 29.1 Å². The van der Waals surface area contributed by atoms with Crippen molar-refractivity contribution in [3.63, 3.8) is 0 Å². The molecule has 0 saturated heterocycles. The lowest BCUT2D eigenvalue weighted by molar-refractivity contribution is -0.121. The fourth-order valence-corrected chi connectivity index (χ4v) is 1.46. The molecule has 0 heterocycles. The highest BCUT2D eigenvalue weighted by Crippen LogP contribution is 2.09. The van der Waals surface area contributed by atoms with E-state index in [1.807, 2.05) is 18.2 Å². The van der Waals surface area contributed by atoms with Gasteiger partial charge in [0.1, 0.15) is 0 Å². The third-order valence-corrected chi connectivity index (χ3v) is 2.39. The average molecular weight is 205 g/mol. The zero-order valence-corrected chi connectivity index (χ0v) is 9.38. The molecule has 1 N–H and O–H groups in total. The molecule has 2 nitrogen and oxygen atoms in total. The number of unbranched alkanes of at least 4 members (excludes halogenated alkanes) is 2. The molecular formula is C13H19NO. The molecule has 1 aliphatic rings. The van der Waals surface area contributed by atoms with Gasteiger partial charge in [0.2, 0.25) is 5.91 Å². The number of allylic oxidation sites excluding steroid dienone is 3. The highest BCUT2D eigenvalue weighted by atomic mass is 16.1. The van der Waals surface area contributed by atoms with Crippen molar-refractivity contribution in [2.75, 3.05) is 6.54 Å². The van der Waals surface area contributed by atoms with Crippen LogP contribution in [0.1, 0.15) is 39.0 Å². The molecule has 15 heavy (non-hydrogen) atoms. The van der Waals surface area contributed by atoms with Gasteiger partial charge in [-0.1, -0.05) is 31.9 Å². The fraction of sp³-hybridized carbons (Fsp3) is 0.538. The molecule has 1 rings (SSSR count). The minimum atomic E-state index is 0.153. The molecule has 0 unspecified atom stereocenters. The van der Waals surface area contributed by atoms with E-state index in [1.165, 1.54) is 12.8 Å². The summed E-state index contributed by atoms with van der Waals surface area (Å²) in [5, 5.41) is 2.93. The Labute approximate surface area is 91.8 Å². The van der Waals surface area contributed by atoms with Gasteiger partial charge in [0.25, 0.3) is 0 Å². The largest absolute Gasteiger partial charge is 0.356 e. The number of amides is 1. The first kappa shape index (κ1) is 11.8. The minimum absolute atomic E-state index is 0.153. The quantitative estimate of drug-likeness (QED) is 0.502. The Hall–Kier alpha value is -1.27. The van der Waals surface area contributed by atoms with Crippen molar-refractivity contribution in [3.05, 3.63) is 29.5 Å². The maximum absolute atomic E-state index is 11.4. The summed E-state index contributed by atoms with van der Waals surface area (Å²) in [6.07, 6.45) is 10.7. The van der Waals surface area contributed by atoms with Crippen LogP contribution in [0.3, 0.4) is 0 Å². The highest BCUT2D eigenvalue weighted by Gasteiger charge is 2.02. The molecule has 82 valence electrons. The zero-order chi connectivity index (χ0) is 10.9. The van der Waals surface area contributed by atoms with E-state index in [4.69, 9.17) is 0 Å². The zero-order valence-electron chi connectivity index (χ0n) is 9.38. The van der Waals surface area contributed by atoms with Gasteiger partial charge in [0, 0.05) is 13.0 Å². The van der Waals surface area contributed by atoms with Gasteiger partial charge in [-0.3, -0.25) is 4.79 Å². The number of rotatable bonds is 7. The molecule has 0 fully saturated rings. The molecule has 0 aliphatic heterocycles. The number of carbonyl (C=O) groups is 1. The lowest BCUT2D eigenvalue weighted by Gasteiger charge is -2.03. The van der Waals surface area contributed by atoms with Gasteiger partial charge in [-0.15, -0.1) is 5.73 Å². The Bertz CT molecular complexity index is 296. The summed E-state index contributed by atoms with van der Waals surface area (Å²) >= 11 is 0. The Morgan fingerprint density at radius 2 is 2.33 bits per heavy atom. The van der Waals surface area contributed by atoms with Crippen LogP contribution in [0.25, 0.3) is 0 Å². The maximum atomic E-state index is 11.4. The number of carbonyl (C=O) groups excluding carboxylic acids is 1.